The van der Waals surface area contributed by atoms with E-state index in [4.69, 9.17) is 4.74 Å². The summed E-state index contributed by atoms with van der Waals surface area (Å²) in [6.07, 6.45) is 5.40. The summed E-state index contributed by atoms with van der Waals surface area (Å²) in [6, 6.07) is 13.4. The number of methoxy groups -OCH3 is 1. The maximum Gasteiger partial charge on any atom is 0.270 e. The molecule has 2 aromatic heterocycles. The molecule has 0 atom stereocenters. The van der Waals surface area contributed by atoms with E-state index in [-0.39, 0.29) is 10.7 Å². The van der Waals surface area contributed by atoms with Crippen LogP contribution in [0.25, 0.3) is 16.9 Å². The van der Waals surface area contributed by atoms with E-state index >= 15 is 0 Å². The largest absolute Gasteiger partial charge is 0.497 e. The van der Waals surface area contributed by atoms with Crippen molar-refractivity contribution in [2.24, 2.45) is 7.05 Å². The fourth-order valence-electron chi connectivity index (χ4n) is 2.76. The van der Waals surface area contributed by atoms with Gasteiger partial charge in [-0.2, -0.15) is 4.57 Å². The summed E-state index contributed by atoms with van der Waals surface area (Å²) in [5.74, 6) is 1.10. The molecule has 0 unspecified atom stereocenters. The van der Waals surface area contributed by atoms with Gasteiger partial charge in [-0.1, -0.05) is 12.1 Å². The molecule has 0 aliphatic carbocycles. The number of rotatable bonds is 5. The highest BCUT2D eigenvalue weighted by atomic mass is 32.2. The highest BCUT2D eigenvalue weighted by molar-refractivity contribution is 7.92. The average Bonchev–Trinajstić information content (AvgIpc) is 3.13. The van der Waals surface area contributed by atoms with Gasteiger partial charge in [-0.3, -0.25) is 4.72 Å². The summed E-state index contributed by atoms with van der Waals surface area (Å²) in [4.78, 5) is 9.21. The van der Waals surface area contributed by atoms with E-state index in [1.54, 1.807) is 35.3 Å². The molecule has 1 N–H and O–H groups in total. The van der Waals surface area contributed by atoms with Gasteiger partial charge in [0.15, 0.2) is 0 Å². The van der Waals surface area contributed by atoms with Crippen LogP contribution in [0.2, 0.25) is 0 Å². The third-order valence-electron chi connectivity index (χ3n) is 4.17. The van der Waals surface area contributed by atoms with Crippen molar-refractivity contribution in [1.29, 1.82) is 0 Å². The van der Waals surface area contributed by atoms with Crippen molar-refractivity contribution in [2.75, 3.05) is 11.8 Å². The van der Waals surface area contributed by atoms with Crippen molar-refractivity contribution in [3.05, 3.63) is 67.3 Å². The van der Waals surface area contributed by atoms with Gasteiger partial charge in [-0.05, 0) is 36.4 Å². The number of aryl methyl sites for hydroxylation is 1. The third-order valence-corrected chi connectivity index (χ3v) is 5.52. The summed E-state index contributed by atoms with van der Waals surface area (Å²) >= 11 is 0. The number of hydrogen-bond donors (Lipinski definition) is 1. The number of nitrogens with one attached hydrogen (secondary N) is 1. The first-order valence-corrected chi connectivity index (χ1v) is 9.92. The van der Waals surface area contributed by atoms with Crippen LogP contribution < -0.4 is 14.0 Å². The highest BCUT2D eigenvalue weighted by Gasteiger charge is 2.22. The molecular formula is C19H18N5O3S+. The highest BCUT2D eigenvalue weighted by Crippen LogP contribution is 2.24. The maximum atomic E-state index is 12.9. The van der Waals surface area contributed by atoms with Crippen LogP contribution in [0.5, 0.6) is 5.75 Å². The fraction of sp³-hybridized carbons (Fsp3) is 0.105. The van der Waals surface area contributed by atoms with Crippen LogP contribution in [0.1, 0.15) is 0 Å². The molecule has 0 radical (unpaired) electrons. The molecule has 28 heavy (non-hydrogen) atoms. The Balaban J connectivity index is 1.82. The molecule has 0 spiro atoms. The van der Waals surface area contributed by atoms with E-state index in [1.807, 2.05) is 36.0 Å². The molecule has 0 aliphatic rings. The molecule has 0 saturated heterocycles. The smallest absolute Gasteiger partial charge is 0.270 e. The van der Waals surface area contributed by atoms with Crippen LogP contribution in [0.15, 0.2) is 72.1 Å². The Hall–Kier alpha value is -3.46. The quantitative estimate of drug-likeness (QED) is 0.522. The van der Waals surface area contributed by atoms with E-state index < -0.39 is 10.0 Å². The Labute approximate surface area is 162 Å². The van der Waals surface area contributed by atoms with Gasteiger partial charge in [0.2, 0.25) is 12.1 Å². The second-order valence-corrected chi connectivity index (χ2v) is 7.83. The fourth-order valence-corrected chi connectivity index (χ4v) is 3.76. The molecule has 4 rings (SSSR count). The molecule has 9 heteroatoms. The van der Waals surface area contributed by atoms with Crippen molar-refractivity contribution in [3.63, 3.8) is 0 Å². The van der Waals surface area contributed by atoms with Crippen molar-refractivity contribution in [3.8, 4) is 11.6 Å². The van der Waals surface area contributed by atoms with Crippen LogP contribution in [0.4, 0.5) is 5.82 Å². The number of nitrogens with zero attached hydrogens (tertiary/aromatic N) is 4. The minimum absolute atomic E-state index is 0.104. The number of anilines is 1. The van der Waals surface area contributed by atoms with E-state index in [0.717, 1.165) is 0 Å². The van der Waals surface area contributed by atoms with Gasteiger partial charge in [0, 0.05) is 0 Å². The summed E-state index contributed by atoms with van der Waals surface area (Å²) < 4.78 is 37.0. The molecule has 2 aromatic carbocycles. The van der Waals surface area contributed by atoms with Gasteiger partial charge in [0.1, 0.15) is 18.1 Å². The topological polar surface area (TPSA) is 90.0 Å². The molecule has 0 fully saturated rings. The normalized spacial score (nSPS) is 11.5. The van der Waals surface area contributed by atoms with Gasteiger partial charge in [-0.25, -0.2) is 23.0 Å². The number of para-hydroxylation sites is 2. The second kappa shape index (κ2) is 6.93. The first kappa shape index (κ1) is 17.9. The maximum absolute atomic E-state index is 12.9. The number of aromatic nitrogens is 4. The summed E-state index contributed by atoms with van der Waals surface area (Å²) in [7, 11) is -0.468. The van der Waals surface area contributed by atoms with Crippen LogP contribution in [-0.4, -0.2) is 30.1 Å². The predicted octanol–water partition coefficient (Wildman–Crippen LogP) is 2.05. The lowest BCUT2D eigenvalue weighted by Gasteiger charge is -2.10. The van der Waals surface area contributed by atoms with Gasteiger partial charge < -0.3 is 4.74 Å². The first-order chi connectivity index (χ1) is 13.5. The number of benzene rings is 2. The van der Waals surface area contributed by atoms with Crippen LogP contribution in [0, 0.1) is 0 Å². The van der Waals surface area contributed by atoms with Crippen LogP contribution in [0.3, 0.4) is 0 Å². The molecular weight excluding hydrogens is 378 g/mol. The SMILES string of the molecule is COc1ccc(S(=O)(=O)Nc2nc3ccccc3nc2-n2cc[n+](C)c2)cc1. The second-order valence-electron chi connectivity index (χ2n) is 6.15. The summed E-state index contributed by atoms with van der Waals surface area (Å²) in [6.45, 7) is 0. The predicted molar refractivity (Wildman–Crippen MR) is 104 cm³/mol. The molecule has 4 aromatic rings. The van der Waals surface area contributed by atoms with Crippen molar-refractivity contribution < 1.29 is 17.7 Å². The molecule has 0 amide bonds. The van der Waals surface area contributed by atoms with Crippen LogP contribution in [-0.2, 0) is 17.1 Å². The minimum atomic E-state index is -3.86. The van der Waals surface area contributed by atoms with Crippen molar-refractivity contribution >= 4 is 26.9 Å². The Morgan fingerprint density at radius 2 is 1.71 bits per heavy atom. The molecule has 0 bridgehead atoms. The number of hydrogen-bond acceptors (Lipinski definition) is 5. The molecule has 2 heterocycles. The molecule has 142 valence electrons. The monoisotopic (exact) mass is 396 g/mol. The zero-order valence-corrected chi connectivity index (χ0v) is 16.1. The Morgan fingerprint density at radius 1 is 1.04 bits per heavy atom. The summed E-state index contributed by atoms with van der Waals surface area (Å²) in [5.41, 5.74) is 1.26. The number of fused-ring (bicyclic) bond motifs is 1. The Bertz CT molecular complexity index is 1250. The van der Waals surface area contributed by atoms with E-state index in [2.05, 4.69) is 14.7 Å². The lowest BCUT2D eigenvalue weighted by molar-refractivity contribution is -0.670. The average molecular weight is 396 g/mol. The molecule has 8 nitrogen and oxygen atoms in total. The molecule has 0 aliphatic heterocycles. The van der Waals surface area contributed by atoms with Gasteiger partial charge in [-0.15, -0.1) is 0 Å². The van der Waals surface area contributed by atoms with Crippen LogP contribution >= 0.6 is 0 Å². The van der Waals surface area contributed by atoms with Gasteiger partial charge in [0.25, 0.3) is 15.8 Å². The Morgan fingerprint density at radius 3 is 2.32 bits per heavy atom. The number of ether oxygens (including phenoxy) is 1. The lowest BCUT2D eigenvalue weighted by Crippen LogP contribution is -2.24. The van der Waals surface area contributed by atoms with E-state index in [0.29, 0.717) is 22.6 Å². The Kier molecular flexibility index (Phi) is 4.44. The van der Waals surface area contributed by atoms with Crippen molar-refractivity contribution in [2.45, 2.75) is 4.90 Å². The zero-order chi connectivity index (χ0) is 19.7. The van der Waals surface area contributed by atoms with Crippen molar-refractivity contribution in [1.82, 2.24) is 14.5 Å². The third kappa shape index (κ3) is 3.39. The lowest BCUT2D eigenvalue weighted by atomic mass is 10.3. The zero-order valence-electron chi connectivity index (χ0n) is 15.3. The molecule has 0 saturated carbocycles. The summed E-state index contributed by atoms with van der Waals surface area (Å²) in [5, 5.41) is 0. The number of sulfonamides is 1. The number of imidazole rings is 1. The van der Waals surface area contributed by atoms with E-state index in [1.165, 1.54) is 19.2 Å². The standard InChI is InChI=1S/C19H18N5O3S/c1-23-11-12-24(13-23)19-18(20-16-5-3-4-6-17(16)21-19)22-28(25,26)15-9-7-14(27-2)8-10-15/h3-13H,1-2H3,(H,20,22)/q+1. The van der Waals surface area contributed by atoms with Gasteiger partial charge >= 0.3 is 0 Å². The van der Waals surface area contributed by atoms with E-state index in [9.17, 15) is 8.42 Å². The van der Waals surface area contributed by atoms with Gasteiger partial charge in [0.05, 0.1) is 30.1 Å². The minimum Gasteiger partial charge on any atom is -0.497 e. The first-order valence-electron chi connectivity index (χ1n) is 8.43.